The summed E-state index contributed by atoms with van der Waals surface area (Å²) in [5, 5.41) is 4.39. The van der Waals surface area contributed by atoms with Crippen molar-refractivity contribution in [1.82, 2.24) is 10.6 Å². The van der Waals surface area contributed by atoms with E-state index in [4.69, 9.17) is 4.74 Å². The molecule has 0 saturated heterocycles. The van der Waals surface area contributed by atoms with Crippen LogP contribution in [0.2, 0.25) is 0 Å². The Kier molecular flexibility index (Phi) is 7.26. The number of nitrogens with zero attached hydrogens (tertiary/aromatic N) is 1. The van der Waals surface area contributed by atoms with Crippen LogP contribution in [0.4, 0.5) is 10.5 Å². The number of para-hydroxylation sites is 1. The third-order valence-corrected chi connectivity index (χ3v) is 6.49. The smallest absolute Gasteiger partial charge is 0.331 e. The Morgan fingerprint density at radius 1 is 1.09 bits per heavy atom. The van der Waals surface area contributed by atoms with E-state index >= 15 is 0 Å². The highest BCUT2D eigenvalue weighted by Gasteiger charge is 2.30. The largest absolute Gasteiger partial charge is 0.452 e. The third-order valence-electron chi connectivity index (χ3n) is 4.66. The van der Waals surface area contributed by atoms with Crippen LogP contribution in [0.1, 0.15) is 18.1 Å². The van der Waals surface area contributed by atoms with Crippen molar-refractivity contribution in [2.45, 2.75) is 18.2 Å². The minimum absolute atomic E-state index is 0.149. The van der Waals surface area contributed by atoms with E-state index in [1.807, 2.05) is 23.5 Å². The fourth-order valence-electron chi connectivity index (χ4n) is 3.15. The molecule has 1 aliphatic heterocycles. The van der Waals surface area contributed by atoms with Gasteiger partial charge in [0.25, 0.3) is 15.9 Å². The van der Waals surface area contributed by atoms with Crippen molar-refractivity contribution in [3.63, 3.8) is 0 Å². The van der Waals surface area contributed by atoms with E-state index in [9.17, 15) is 22.8 Å². The molecule has 0 unspecified atom stereocenters. The molecule has 9 nitrogen and oxygen atoms in total. The van der Waals surface area contributed by atoms with Crippen molar-refractivity contribution in [3.8, 4) is 0 Å². The number of carbonyl (C=O) groups excluding carboxylic acids is 3. The highest BCUT2D eigenvalue weighted by molar-refractivity contribution is 7.92. The number of anilines is 1. The fraction of sp³-hybridized carbons (Fsp3) is 0.227. The predicted octanol–water partition coefficient (Wildman–Crippen LogP) is 1.84. The number of carbonyl (C=O) groups is 3. The molecule has 0 fully saturated rings. The molecule has 3 rings (SSSR count). The first-order chi connectivity index (χ1) is 15.3. The minimum Gasteiger partial charge on any atom is -0.452 e. The van der Waals surface area contributed by atoms with E-state index in [-0.39, 0.29) is 4.90 Å². The van der Waals surface area contributed by atoms with E-state index in [1.54, 1.807) is 25.1 Å². The molecule has 2 N–H and O–H groups in total. The van der Waals surface area contributed by atoms with Gasteiger partial charge in [-0.15, -0.1) is 0 Å². The van der Waals surface area contributed by atoms with Crippen LogP contribution in [0.15, 0.2) is 59.5 Å². The molecule has 0 bridgehead atoms. The number of ether oxygens (including phenoxy) is 1. The lowest BCUT2D eigenvalue weighted by atomic mass is 10.2. The Morgan fingerprint density at radius 3 is 2.53 bits per heavy atom. The van der Waals surface area contributed by atoms with E-state index in [0.717, 1.165) is 11.6 Å². The minimum atomic E-state index is -3.69. The van der Waals surface area contributed by atoms with Crippen LogP contribution in [-0.2, 0) is 30.8 Å². The second kappa shape index (κ2) is 10.1. The lowest BCUT2D eigenvalue weighted by molar-refractivity contribution is -0.143. The molecule has 0 aromatic heterocycles. The van der Waals surface area contributed by atoms with Crippen LogP contribution < -0.4 is 14.9 Å². The van der Waals surface area contributed by atoms with Crippen molar-refractivity contribution in [1.29, 1.82) is 0 Å². The molecule has 168 valence electrons. The predicted molar refractivity (Wildman–Crippen MR) is 118 cm³/mol. The molecule has 10 heteroatoms. The van der Waals surface area contributed by atoms with Crippen LogP contribution in [0.25, 0.3) is 6.08 Å². The van der Waals surface area contributed by atoms with Gasteiger partial charge in [0.2, 0.25) is 0 Å². The van der Waals surface area contributed by atoms with Crippen molar-refractivity contribution < 1.29 is 27.5 Å². The van der Waals surface area contributed by atoms with Gasteiger partial charge in [-0.1, -0.05) is 30.3 Å². The molecule has 0 radical (unpaired) electrons. The maximum Gasteiger partial charge on any atom is 0.331 e. The van der Waals surface area contributed by atoms with Gasteiger partial charge < -0.3 is 10.1 Å². The second-order valence-corrected chi connectivity index (χ2v) is 8.74. The summed E-state index contributed by atoms with van der Waals surface area (Å²) in [6, 6.07) is 12.8. The van der Waals surface area contributed by atoms with Crippen molar-refractivity contribution in [3.05, 3.63) is 65.7 Å². The molecule has 2 aromatic rings. The van der Waals surface area contributed by atoms with E-state index in [1.165, 1.54) is 22.5 Å². The van der Waals surface area contributed by atoms with Gasteiger partial charge in [0.15, 0.2) is 6.61 Å². The number of imide groups is 1. The van der Waals surface area contributed by atoms with Gasteiger partial charge in [-0.3, -0.25) is 14.4 Å². The number of hydrogen-bond donors (Lipinski definition) is 2. The average Bonchev–Trinajstić information content (AvgIpc) is 3.22. The highest BCUT2D eigenvalue weighted by Crippen LogP contribution is 2.32. The van der Waals surface area contributed by atoms with Gasteiger partial charge >= 0.3 is 12.0 Å². The summed E-state index contributed by atoms with van der Waals surface area (Å²) in [5.41, 5.74) is 2.26. The van der Waals surface area contributed by atoms with Crippen molar-refractivity contribution >= 4 is 39.7 Å². The zero-order valence-corrected chi connectivity index (χ0v) is 18.2. The third kappa shape index (κ3) is 5.52. The van der Waals surface area contributed by atoms with E-state index in [2.05, 4.69) is 5.32 Å². The summed E-state index contributed by atoms with van der Waals surface area (Å²) in [6.45, 7) is 1.84. The highest BCUT2D eigenvalue weighted by atomic mass is 32.2. The van der Waals surface area contributed by atoms with E-state index < -0.39 is 34.5 Å². The van der Waals surface area contributed by atoms with Gasteiger partial charge in [-0.2, -0.15) is 0 Å². The summed E-state index contributed by atoms with van der Waals surface area (Å²) in [4.78, 5) is 34.6. The number of fused-ring (bicyclic) bond motifs is 1. The molecular formula is C22H23N3O6S. The number of rotatable bonds is 7. The Labute approximate surface area is 186 Å². The summed E-state index contributed by atoms with van der Waals surface area (Å²) in [7, 11) is -3.69. The van der Waals surface area contributed by atoms with Gasteiger partial charge in [-0.25, -0.2) is 18.0 Å². The number of esters is 1. The molecule has 2 aromatic carbocycles. The first kappa shape index (κ1) is 23.0. The molecule has 3 amide bonds. The Balaban J connectivity index is 1.58. The first-order valence-corrected chi connectivity index (χ1v) is 11.4. The second-order valence-electron chi connectivity index (χ2n) is 6.87. The zero-order valence-electron chi connectivity index (χ0n) is 17.4. The molecule has 1 heterocycles. The summed E-state index contributed by atoms with van der Waals surface area (Å²) in [6.07, 6.45) is 3.21. The lowest BCUT2D eigenvalue weighted by Gasteiger charge is -2.19. The Morgan fingerprint density at radius 2 is 1.81 bits per heavy atom. The zero-order chi connectivity index (χ0) is 23.1. The van der Waals surface area contributed by atoms with Gasteiger partial charge in [0.1, 0.15) is 0 Å². The molecule has 0 spiro atoms. The molecule has 32 heavy (non-hydrogen) atoms. The van der Waals surface area contributed by atoms with Crippen molar-refractivity contribution in [2.75, 3.05) is 24.0 Å². The van der Waals surface area contributed by atoms with Gasteiger partial charge in [0.05, 0.1) is 10.6 Å². The van der Waals surface area contributed by atoms with Crippen molar-refractivity contribution in [2.24, 2.45) is 0 Å². The van der Waals surface area contributed by atoms with Crippen LogP contribution in [0.3, 0.4) is 0 Å². The number of amides is 3. The molecule has 1 aliphatic rings. The number of benzene rings is 2. The van der Waals surface area contributed by atoms with Crippen LogP contribution in [-0.4, -0.2) is 46.0 Å². The van der Waals surface area contributed by atoms with Crippen LogP contribution >= 0.6 is 0 Å². The molecule has 0 saturated carbocycles. The number of urea groups is 1. The Bertz CT molecular complexity index is 1140. The summed E-state index contributed by atoms with van der Waals surface area (Å²) < 4.78 is 32.2. The van der Waals surface area contributed by atoms with E-state index in [0.29, 0.717) is 30.8 Å². The SMILES string of the molecule is CCNC(=O)NC(=O)COC(=O)/C=C/c1ccc(S(=O)(=O)N2CCc3ccccc32)cc1. The molecule has 0 aliphatic carbocycles. The van der Waals surface area contributed by atoms with Gasteiger partial charge in [-0.05, 0) is 48.7 Å². The number of nitrogens with one attached hydrogen (secondary N) is 2. The summed E-state index contributed by atoms with van der Waals surface area (Å²) >= 11 is 0. The number of hydrogen-bond acceptors (Lipinski definition) is 6. The first-order valence-electron chi connectivity index (χ1n) is 9.94. The molecular weight excluding hydrogens is 434 g/mol. The lowest BCUT2D eigenvalue weighted by Crippen LogP contribution is -2.41. The Hall–Kier alpha value is -3.66. The van der Waals surface area contributed by atoms with Crippen LogP contribution in [0.5, 0.6) is 0 Å². The van der Waals surface area contributed by atoms with Crippen LogP contribution in [0, 0.1) is 0 Å². The monoisotopic (exact) mass is 457 g/mol. The topological polar surface area (TPSA) is 122 Å². The normalized spacial score (nSPS) is 13.0. The summed E-state index contributed by atoms with van der Waals surface area (Å²) in [5.74, 6) is -1.53. The standard InChI is InChI=1S/C22H23N3O6S/c1-2-23-22(28)24-20(26)15-31-21(27)12-9-16-7-10-18(11-8-16)32(29,30)25-14-13-17-5-3-4-6-19(17)25/h3-12H,2,13-15H2,1H3,(H2,23,24,26,28)/b12-9+. The average molecular weight is 458 g/mol. The number of sulfonamides is 1. The molecule has 0 atom stereocenters. The quantitative estimate of drug-likeness (QED) is 0.483. The maximum absolute atomic E-state index is 13.0. The maximum atomic E-state index is 13.0. The fourth-order valence-corrected chi connectivity index (χ4v) is 4.66. The van der Waals surface area contributed by atoms with Gasteiger partial charge in [0, 0.05) is 19.2 Å².